The van der Waals surface area contributed by atoms with Gasteiger partial charge in [-0.15, -0.1) is 0 Å². The summed E-state index contributed by atoms with van der Waals surface area (Å²) >= 11 is 0. The minimum atomic E-state index is 1.06. The Morgan fingerprint density at radius 3 is 1.95 bits per heavy atom. The molecule has 3 aromatic rings. The first-order valence-corrected chi connectivity index (χ1v) is 8.59. The van der Waals surface area contributed by atoms with Crippen molar-refractivity contribution in [3.05, 3.63) is 52.6 Å². The third-order valence-electron chi connectivity index (χ3n) is 4.84. The molecular weight excluding hydrogens is 266 g/mol. The number of aryl methyl sites for hydroxylation is 2. The van der Waals surface area contributed by atoms with E-state index in [1.54, 1.807) is 5.56 Å². The lowest BCUT2D eigenvalue weighted by Gasteiger charge is -2.20. The fourth-order valence-corrected chi connectivity index (χ4v) is 3.88. The van der Waals surface area contributed by atoms with Gasteiger partial charge in [-0.1, -0.05) is 45.9 Å². The zero-order valence-corrected chi connectivity index (χ0v) is 14.2. The molecule has 0 unspecified atom stereocenters. The molecule has 0 amide bonds. The zero-order chi connectivity index (χ0) is 15.7. The van der Waals surface area contributed by atoms with E-state index in [9.17, 15) is 0 Å². The molecule has 0 atom stereocenters. The Morgan fingerprint density at radius 1 is 0.727 bits per heavy atom. The molecule has 0 saturated heterocycles. The number of fused-ring (bicyclic) bond motifs is 2. The molecule has 0 radical (unpaired) electrons. The summed E-state index contributed by atoms with van der Waals surface area (Å²) in [5.41, 5.74) is 8.40. The van der Waals surface area contributed by atoms with Gasteiger partial charge in [-0.25, -0.2) is 4.98 Å². The molecule has 1 heterocycles. The predicted octanol–water partition coefficient (Wildman–Crippen LogP) is 5.64. The van der Waals surface area contributed by atoms with E-state index in [2.05, 4.69) is 58.0 Å². The van der Waals surface area contributed by atoms with Crippen molar-refractivity contribution in [2.45, 2.75) is 53.4 Å². The maximum Gasteiger partial charge on any atom is 0.0747 e. The summed E-state index contributed by atoms with van der Waals surface area (Å²) < 4.78 is 0. The Labute approximate surface area is 133 Å². The molecule has 1 aromatic heterocycles. The largest absolute Gasteiger partial charge is 0.247 e. The van der Waals surface area contributed by atoms with Gasteiger partial charge < -0.3 is 0 Å². The summed E-state index contributed by atoms with van der Waals surface area (Å²) in [5, 5.41) is 2.62. The summed E-state index contributed by atoms with van der Waals surface area (Å²) in [7, 11) is 0. The number of hydrogen-bond donors (Lipinski definition) is 0. The minimum Gasteiger partial charge on any atom is -0.247 e. The van der Waals surface area contributed by atoms with Crippen LogP contribution in [0, 0.1) is 0 Å². The molecule has 0 aliphatic heterocycles. The number of benzene rings is 2. The molecule has 114 valence electrons. The molecule has 0 aliphatic carbocycles. The third kappa shape index (κ3) is 2.20. The molecule has 2 aromatic carbocycles. The van der Waals surface area contributed by atoms with Crippen LogP contribution in [-0.2, 0) is 25.7 Å². The van der Waals surface area contributed by atoms with Crippen LogP contribution in [-0.4, -0.2) is 4.98 Å². The van der Waals surface area contributed by atoms with Crippen molar-refractivity contribution in [2.75, 3.05) is 0 Å². The molecule has 0 aliphatic rings. The van der Waals surface area contributed by atoms with Gasteiger partial charge in [0.1, 0.15) is 0 Å². The topological polar surface area (TPSA) is 12.9 Å². The first-order valence-electron chi connectivity index (χ1n) is 8.59. The van der Waals surface area contributed by atoms with Crippen LogP contribution < -0.4 is 0 Å². The summed E-state index contributed by atoms with van der Waals surface area (Å²) in [6.07, 6.45) is 4.35. The van der Waals surface area contributed by atoms with Crippen LogP contribution in [0.3, 0.4) is 0 Å². The number of pyridine rings is 1. The average Bonchev–Trinajstić information content (AvgIpc) is 2.57. The fourth-order valence-electron chi connectivity index (χ4n) is 3.88. The Balaban J connectivity index is 2.54. The van der Waals surface area contributed by atoms with Gasteiger partial charge in [0.05, 0.1) is 11.0 Å². The van der Waals surface area contributed by atoms with Crippen LogP contribution in [0.15, 0.2) is 30.3 Å². The van der Waals surface area contributed by atoms with Gasteiger partial charge in [0.25, 0.3) is 0 Å². The number of hydrogen-bond acceptors (Lipinski definition) is 1. The van der Waals surface area contributed by atoms with E-state index in [0.717, 1.165) is 31.2 Å². The van der Waals surface area contributed by atoms with Gasteiger partial charge in [0.15, 0.2) is 0 Å². The van der Waals surface area contributed by atoms with Gasteiger partial charge in [0, 0.05) is 10.8 Å². The number of aromatic nitrogens is 1. The van der Waals surface area contributed by atoms with E-state index >= 15 is 0 Å². The second-order valence-electron chi connectivity index (χ2n) is 5.91. The molecule has 0 bridgehead atoms. The molecule has 1 heteroatoms. The van der Waals surface area contributed by atoms with E-state index in [4.69, 9.17) is 4.98 Å². The summed E-state index contributed by atoms with van der Waals surface area (Å²) in [5.74, 6) is 0. The third-order valence-corrected chi connectivity index (χ3v) is 4.84. The molecule has 0 fully saturated rings. The normalized spacial score (nSPS) is 11.5. The van der Waals surface area contributed by atoms with Crippen molar-refractivity contribution < 1.29 is 0 Å². The van der Waals surface area contributed by atoms with Crippen LogP contribution in [0.2, 0.25) is 0 Å². The Morgan fingerprint density at radius 2 is 1.32 bits per heavy atom. The Hall–Kier alpha value is -1.89. The average molecular weight is 291 g/mol. The molecule has 0 spiro atoms. The monoisotopic (exact) mass is 291 g/mol. The van der Waals surface area contributed by atoms with Crippen molar-refractivity contribution in [3.8, 4) is 0 Å². The minimum absolute atomic E-state index is 1.06. The van der Waals surface area contributed by atoms with Gasteiger partial charge >= 0.3 is 0 Å². The molecule has 0 N–H and O–H groups in total. The van der Waals surface area contributed by atoms with E-state index in [-0.39, 0.29) is 0 Å². The highest BCUT2D eigenvalue weighted by Crippen LogP contribution is 2.33. The van der Waals surface area contributed by atoms with Crippen molar-refractivity contribution in [2.24, 2.45) is 0 Å². The summed E-state index contributed by atoms with van der Waals surface area (Å²) in [6.45, 7) is 9.09. The van der Waals surface area contributed by atoms with E-state index in [1.807, 2.05) is 0 Å². The van der Waals surface area contributed by atoms with Crippen molar-refractivity contribution in [3.63, 3.8) is 0 Å². The van der Waals surface area contributed by atoms with Gasteiger partial charge in [0.2, 0.25) is 0 Å². The van der Waals surface area contributed by atoms with Crippen LogP contribution in [0.1, 0.15) is 49.9 Å². The first-order chi connectivity index (χ1) is 10.7. The maximum absolute atomic E-state index is 5.04. The fraction of sp³-hybridized carbons (Fsp3) is 0.381. The Kier molecular flexibility index (Phi) is 4.15. The van der Waals surface area contributed by atoms with Gasteiger partial charge in [-0.2, -0.15) is 0 Å². The smallest absolute Gasteiger partial charge is 0.0747 e. The lowest BCUT2D eigenvalue weighted by molar-refractivity contribution is 0.957. The van der Waals surface area contributed by atoms with Crippen molar-refractivity contribution in [1.29, 1.82) is 0 Å². The lowest BCUT2D eigenvalue weighted by atomic mass is 9.86. The molecule has 1 nitrogen and oxygen atoms in total. The molecule has 0 saturated carbocycles. The van der Waals surface area contributed by atoms with E-state index in [0.29, 0.717) is 0 Å². The van der Waals surface area contributed by atoms with E-state index in [1.165, 1.54) is 33.0 Å². The highest BCUT2D eigenvalue weighted by molar-refractivity contribution is 5.97. The van der Waals surface area contributed by atoms with Crippen LogP contribution in [0.25, 0.3) is 21.8 Å². The lowest BCUT2D eigenvalue weighted by Crippen LogP contribution is -2.06. The zero-order valence-electron chi connectivity index (χ0n) is 14.2. The van der Waals surface area contributed by atoms with Gasteiger partial charge in [-0.05, 0) is 60.1 Å². The highest BCUT2D eigenvalue weighted by Gasteiger charge is 2.17. The quantitative estimate of drug-likeness (QED) is 0.567. The second-order valence-corrected chi connectivity index (χ2v) is 5.91. The van der Waals surface area contributed by atoms with Gasteiger partial charge in [-0.3, -0.25) is 0 Å². The molecule has 22 heavy (non-hydrogen) atoms. The molecule has 3 rings (SSSR count). The maximum atomic E-state index is 5.04. The van der Waals surface area contributed by atoms with E-state index < -0.39 is 0 Å². The van der Waals surface area contributed by atoms with Crippen molar-refractivity contribution in [1.82, 2.24) is 4.98 Å². The van der Waals surface area contributed by atoms with Crippen LogP contribution in [0.5, 0.6) is 0 Å². The number of nitrogens with zero attached hydrogens (tertiary/aromatic N) is 1. The summed E-state index contributed by atoms with van der Waals surface area (Å²) in [6, 6.07) is 10.8. The first kappa shape index (κ1) is 15.0. The molecular formula is C21H25N. The second kappa shape index (κ2) is 6.08. The van der Waals surface area contributed by atoms with Crippen LogP contribution in [0.4, 0.5) is 0 Å². The van der Waals surface area contributed by atoms with Crippen LogP contribution >= 0.6 is 0 Å². The SMILES string of the molecule is CCc1c(CC)c(CC)c2nc3ccccc3cc2c1CC. The summed E-state index contributed by atoms with van der Waals surface area (Å²) in [4.78, 5) is 5.04. The standard InChI is InChI=1S/C21H25N/c1-5-15-16(6-2)18(8-4)21-19(17(15)7-3)13-14-11-9-10-12-20(14)22-21/h9-13H,5-8H2,1-4H3. The number of para-hydroxylation sites is 1. The Bertz CT molecular complexity index is 760. The van der Waals surface area contributed by atoms with Crippen molar-refractivity contribution >= 4 is 21.8 Å². The predicted molar refractivity (Wildman–Crippen MR) is 96.8 cm³/mol. The number of rotatable bonds is 4. The highest BCUT2D eigenvalue weighted by atomic mass is 14.7.